The topological polar surface area (TPSA) is 37.4 Å². The highest BCUT2D eigenvalue weighted by molar-refractivity contribution is 6.07. The minimum absolute atomic E-state index is 0.00394. The molecule has 126 valence electrons. The summed E-state index contributed by atoms with van der Waals surface area (Å²) in [7, 11) is 0. The molecule has 6 bridgehead atoms. The molecule has 0 aromatic carbocycles. The fourth-order valence-electron chi connectivity index (χ4n) is 8.76. The van der Waals surface area contributed by atoms with Crippen molar-refractivity contribution in [3.8, 4) is 0 Å². The standard InChI is InChI=1S/C21H25NO2/c23-19-17-13-1-2-14(16-6-15(13)16)18(17)20(24)22(19)21-7-10-3-11(8-21)5-12(4-10)9-21/h1-2,10-18H,3-9H2/t10?,11?,12?,13-,14+,15+,16-,17-,18+,21?. The molecular formula is C21H25NO2. The van der Waals surface area contributed by atoms with E-state index in [1.807, 2.05) is 4.90 Å². The van der Waals surface area contributed by atoms with Crippen molar-refractivity contribution in [2.24, 2.45) is 53.3 Å². The molecule has 1 aliphatic heterocycles. The Morgan fingerprint density at radius 2 is 1.21 bits per heavy atom. The van der Waals surface area contributed by atoms with Gasteiger partial charge in [0.25, 0.3) is 0 Å². The van der Waals surface area contributed by atoms with E-state index in [1.165, 1.54) is 25.7 Å². The zero-order chi connectivity index (χ0) is 15.8. The molecule has 3 heteroatoms. The molecule has 0 aromatic heterocycles. The van der Waals surface area contributed by atoms with E-state index in [0.717, 1.165) is 37.0 Å². The van der Waals surface area contributed by atoms with Gasteiger partial charge in [-0.25, -0.2) is 0 Å². The van der Waals surface area contributed by atoms with Gasteiger partial charge in [-0.3, -0.25) is 14.5 Å². The predicted molar refractivity (Wildman–Crippen MR) is 87.5 cm³/mol. The van der Waals surface area contributed by atoms with E-state index < -0.39 is 0 Å². The van der Waals surface area contributed by atoms with Crippen LogP contribution in [0.1, 0.15) is 44.9 Å². The molecule has 9 aliphatic rings. The van der Waals surface area contributed by atoms with Crippen LogP contribution in [0.2, 0.25) is 0 Å². The molecule has 0 unspecified atom stereocenters. The summed E-state index contributed by atoms with van der Waals surface area (Å²) in [6, 6.07) is 0. The van der Waals surface area contributed by atoms with Gasteiger partial charge in [0.15, 0.2) is 0 Å². The summed E-state index contributed by atoms with van der Waals surface area (Å²) >= 11 is 0. The molecule has 0 aromatic rings. The molecule has 1 heterocycles. The molecule has 0 radical (unpaired) electrons. The number of carbonyl (C=O) groups excluding carboxylic acids is 2. The quantitative estimate of drug-likeness (QED) is 0.549. The highest BCUT2D eigenvalue weighted by Crippen LogP contribution is 2.67. The normalized spacial score (nSPS) is 61.5. The molecule has 6 saturated carbocycles. The first-order valence-electron chi connectivity index (χ1n) is 10.2. The van der Waals surface area contributed by atoms with E-state index in [2.05, 4.69) is 12.2 Å². The second kappa shape index (κ2) is 3.83. The number of rotatable bonds is 1. The van der Waals surface area contributed by atoms with Crippen LogP contribution >= 0.6 is 0 Å². The van der Waals surface area contributed by atoms with Crippen LogP contribution in [0.15, 0.2) is 12.2 Å². The third-order valence-electron chi connectivity index (χ3n) is 9.14. The Kier molecular flexibility index (Phi) is 2.10. The lowest BCUT2D eigenvalue weighted by atomic mass is 9.52. The third kappa shape index (κ3) is 1.33. The van der Waals surface area contributed by atoms with Crippen molar-refractivity contribution >= 4 is 11.8 Å². The highest BCUT2D eigenvalue weighted by atomic mass is 16.2. The first-order chi connectivity index (χ1) is 11.6. The summed E-state index contributed by atoms with van der Waals surface area (Å²) < 4.78 is 0. The highest BCUT2D eigenvalue weighted by Gasteiger charge is 2.70. The van der Waals surface area contributed by atoms with Crippen molar-refractivity contribution < 1.29 is 9.59 Å². The maximum atomic E-state index is 13.5. The largest absolute Gasteiger partial charge is 0.276 e. The van der Waals surface area contributed by atoms with Gasteiger partial charge in [-0.15, -0.1) is 0 Å². The van der Waals surface area contributed by atoms with Crippen LogP contribution in [0, 0.1) is 53.3 Å². The molecule has 8 aliphatic carbocycles. The Bertz CT molecular complexity index is 637. The number of carbonyl (C=O) groups is 2. The van der Waals surface area contributed by atoms with Crippen LogP contribution in [-0.2, 0) is 9.59 Å². The monoisotopic (exact) mass is 323 g/mol. The molecule has 6 atom stereocenters. The second-order valence-electron chi connectivity index (χ2n) is 10.3. The Morgan fingerprint density at radius 3 is 1.67 bits per heavy atom. The van der Waals surface area contributed by atoms with Crippen LogP contribution in [0.25, 0.3) is 0 Å². The number of imide groups is 1. The molecular weight excluding hydrogens is 298 g/mol. The fourth-order valence-corrected chi connectivity index (χ4v) is 8.76. The minimum Gasteiger partial charge on any atom is -0.276 e. The van der Waals surface area contributed by atoms with Crippen molar-refractivity contribution in [2.45, 2.75) is 50.5 Å². The van der Waals surface area contributed by atoms with Crippen molar-refractivity contribution in [2.75, 3.05) is 0 Å². The fraction of sp³-hybridized carbons (Fsp3) is 0.810. The summed E-state index contributed by atoms with van der Waals surface area (Å²) in [5.74, 6) is 5.00. The summed E-state index contributed by atoms with van der Waals surface area (Å²) in [6.45, 7) is 0. The number of likely N-dealkylation sites (tertiary alicyclic amines) is 1. The molecule has 3 nitrogen and oxygen atoms in total. The third-order valence-corrected chi connectivity index (χ3v) is 9.14. The van der Waals surface area contributed by atoms with Crippen LogP contribution in [-0.4, -0.2) is 22.3 Å². The van der Waals surface area contributed by atoms with Gasteiger partial charge in [-0.2, -0.15) is 0 Å². The first kappa shape index (κ1) is 13.1. The van der Waals surface area contributed by atoms with E-state index >= 15 is 0 Å². The zero-order valence-electron chi connectivity index (χ0n) is 14.1. The molecule has 2 amide bonds. The Hall–Kier alpha value is -1.12. The SMILES string of the molecule is O=C1[C@@H]2[C@@H]3C=C[C@@H]([C@H]4C[C@@H]34)[C@@H]2C(=O)N1C12CC3CC(CC(C3)C1)C2. The summed E-state index contributed by atoms with van der Waals surface area (Å²) in [5.41, 5.74) is -0.0795. The van der Waals surface area contributed by atoms with Crippen molar-refractivity contribution in [3.63, 3.8) is 0 Å². The lowest BCUT2D eigenvalue weighted by molar-refractivity contribution is -0.159. The zero-order valence-corrected chi connectivity index (χ0v) is 14.1. The summed E-state index contributed by atoms with van der Waals surface area (Å²) in [5, 5.41) is 0. The maximum absolute atomic E-state index is 13.5. The van der Waals surface area contributed by atoms with E-state index in [-0.39, 0.29) is 29.2 Å². The number of amides is 2. The van der Waals surface area contributed by atoms with Crippen LogP contribution < -0.4 is 0 Å². The number of hydrogen-bond acceptors (Lipinski definition) is 2. The van der Waals surface area contributed by atoms with Crippen LogP contribution in [0.4, 0.5) is 0 Å². The van der Waals surface area contributed by atoms with Crippen LogP contribution in [0.5, 0.6) is 0 Å². The average Bonchev–Trinajstić information content (AvgIpc) is 3.30. The molecule has 7 fully saturated rings. The van der Waals surface area contributed by atoms with Gasteiger partial charge in [-0.1, -0.05) is 12.2 Å². The second-order valence-corrected chi connectivity index (χ2v) is 10.3. The van der Waals surface area contributed by atoms with Gasteiger partial charge in [0.05, 0.1) is 17.4 Å². The number of allylic oxidation sites excluding steroid dienone is 2. The maximum Gasteiger partial charge on any atom is 0.234 e. The van der Waals surface area contributed by atoms with Crippen molar-refractivity contribution in [1.82, 2.24) is 4.90 Å². The van der Waals surface area contributed by atoms with Crippen molar-refractivity contribution in [1.29, 1.82) is 0 Å². The lowest BCUT2D eigenvalue weighted by Gasteiger charge is -2.59. The van der Waals surface area contributed by atoms with Gasteiger partial charge in [0, 0.05) is 0 Å². The van der Waals surface area contributed by atoms with E-state index in [9.17, 15) is 9.59 Å². The molecule has 24 heavy (non-hydrogen) atoms. The van der Waals surface area contributed by atoms with Gasteiger partial charge in [-0.05, 0) is 86.4 Å². The smallest absolute Gasteiger partial charge is 0.234 e. The van der Waals surface area contributed by atoms with E-state index in [4.69, 9.17) is 0 Å². The van der Waals surface area contributed by atoms with Gasteiger partial charge in [0.2, 0.25) is 11.8 Å². The van der Waals surface area contributed by atoms with E-state index in [0.29, 0.717) is 23.7 Å². The van der Waals surface area contributed by atoms with E-state index in [1.54, 1.807) is 0 Å². The molecule has 0 spiro atoms. The van der Waals surface area contributed by atoms with Gasteiger partial charge in [0.1, 0.15) is 0 Å². The molecule has 0 N–H and O–H groups in total. The van der Waals surface area contributed by atoms with Crippen molar-refractivity contribution in [3.05, 3.63) is 12.2 Å². The Morgan fingerprint density at radius 1 is 0.750 bits per heavy atom. The average molecular weight is 323 g/mol. The predicted octanol–water partition coefficient (Wildman–Crippen LogP) is 3.01. The minimum atomic E-state index is -0.0795. The molecule has 1 saturated heterocycles. The first-order valence-corrected chi connectivity index (χ1v) is 10.2. The van der Waals surface area contributed by atoms with Crippen LogP contribution in [0.3, 0.4) is 0 Å². The summed E-state index contributed by atoms with van der Waals surface area (Å²) in [4.78, 5) is 28.9. The lowest BCUT2D eigenvalue weighted by Crippen LogP contribution is -2.62. The number of hydrogen-bond donors (Lipinski definition) is 0. The summed E-state index contributed by atoms with van der Waals surface area (Å²) in [6.07, 6.45) is 13.3. The Labute approximate surface area is 142 Å². The Balaban J connectivity index is 1.32. The van der Waals surface area contributed by atoms with Gasteiger partial charge >= 0.3 is 0 Å². The molecule has 9 rings (SSSR count). The number of nitrogens with zero attached hydrogens (tertiary/aromatic N) is 1. The van der Waals surface area contributed by atoms with Gasteiger partial charge < -0.3 is 0 Å².